The summed E-state index contributed by atoms with van der Waals surface area (Å²) < 4.78 is 30.3. The number of nitrogens with zero attached hydrogens (tertiary/aromatic N) is 1. The molecule has 2 rings (SSSR count). The zero-order valence-corrected chi connectivity index (χ0v) is 15.5. The number of ether oxygens (including phenoxy) is 1. The van der Waals surface area contributed by atoms with Gasteiger partial charge in [-0.05, 0) is 37.6 Å². The Morgan fingerprint density at radius 1 is 1.28 bits per heavy atom. The molecule has 1 aliphatic heterocycles. The van der Waals surface area contributed by atoms with E-state index < -0.39 is 10.0 Å². The Morgan fingerprint density at radius 3 is 2.68 bits per heavy atom. The van der Waals surface area contributed by atoms with Crippen LogP contribution in [0, 0.1) is 6.92 Å². The van der Waals surface area contributed by atoms with E-state index in [9.17, 15) is 13.2 Å². The molecule has 1 aromatic carbocycles. The third kappa shape index (κ3) is 7.29. The number of amides is 2. The highest BCUT2D eigenvalue weighted by Gasteiger charge is 2.10. The quantitative estimate of drug-likeness (QED) is 0.627. The zero-order valence-electron chi connectivity index (χ0n) is 14.7. The maximum absolute atomic E-state index is 12.0. The highest BCUT2D eigenvalue weighted by Crippen LogP contribution is 2.20. The molecule has 0 atom stereocenters. The molecule has 1 aliphatic rings. The molecule has 0 unspecified atom stereocenters. The Hall–Kier alpha value is -1.84. The van der Waals surface area contributed by atoms with Gasteiger partial charge in [0.15, 0.2) is 0 Å². The Labute approximate surface area is 149 Å². The minimum atomic E-state index is -3.36. The highest BCUT2D eigenvalue weighted by molar-refractivity contribution is 7.92. The van der Waals surface area contributed by atoms with Gasteiger partial charge in [0.2, 0.25) is 10.0 Å². The van der Waals surface area contributed by atoms with E-state index in [1.54, 1.807) is 18.2 Å². The second kappa shape index (κ2) is 9.02. The molecular weight excluding hydrogens is 344 g/mol. The molecule has 9 heteroatoms. The number of hydrogen-bond donors (Lipinski definition) is 3. The first-order chi connectivity index (χ1) is 11.8. The van der Waals surface area contributed by atoms with E-state index in [1.165, 1.54) is 0 Å². The summed E-state index contributed by atoms with van der Waals surface area (Å²) >= 11 is 0. The zero-order chi connectivity index (χ0) is 18.3. The van der Waals surface area contributed by atoms with Gasteiger partial charge >= 0.3 is 6.03 Å². The molecule has 0 aromatic heterocycles. The number of carbonyl (C=O) groups is 1. The molecule has 2 amide bonds. The summed E-state index contributed by atoms with van der Waals surface area (Å²) in [5, 5.41) is 5.58. The number of morpholine rings is 1. The summed E-state index contributed by atoms with van der Waals surface area (Å²) in [6, 6.07) is 4.70. The second-order valence-corrected chi connectivity index (χ2v) is 7.84. The first-order valence-corrected chi connectivity index (χ1v) is 10.2. The Balaban J connectivity index is 1.78. The van der Waals surface area contributed by atoms with Crippen molar-refractivity contribution in [1.29, 1.82) is 0 Å². The van der Waals surface area contributed by atoms with Crippen LogP contribution in [0.3, 0.4) is 0 Å². The van der Waals surface area contributed by atoms with Gasteiger partial charge in [-0.25, -0.2) is 13.2 Å². The van der Waals surface area contributed by atoms with E-state index in [0.29, 0.717) is 17.9 Å². The number of hydrogen-bond acceptors (Lipinski definition) is 5. The summed E-state index contributed by atoms with van der Waals surface area (Å²) in [5.41, 5.74) is 1.83. The van der Waals surface area contributed by atoms with Crippen molar-refractivity contribution < 1.29 is 17.9 Å². The van der Waals surface area contributed by atoms with E-state index in [-0.39, 0.29) is 6.03 Å². The lowest BCUT2D eigenvalue weighted by Gasteiger charge is -2.26. The minimum absolute atomic E-state index is 0.304. The van der Waals surface area contributed by atoms with Crippen LogP contribution in [0.2, 0.25) is 0 Å². The van der Waals surface area contributed by atoms with Crippen molar-refractivity contribution in [2.75, 3.05) is 55.7 Å². The molecule has 1 fully saturated rings. The van der Waals surface area contributed by atoms with Crippen LogP contribution in [0.4, 0.5) is 16.2 Å². The maximum atomic E-state index is 12.0. The number of rotatable bonds is 7. The molecule has 140 valence electrons. The smallest absolute Gasteiger partial charge is 0.319 e. The summed E-state index contributed by atoms with van der Waals surface area (Å²) in [4.78, 5) is 14.3. The second-order valence-electron chi connectivity index (χ2n) is 6.09. The largest absolute Gasteiger partial charge is 0.379 e. The maximum Gasteiger partial charge on any atom is 0.319 e. The molecule has 25 heavy (non-hydrogen) atoms. The predicted octanol–water partition coefficient (Wildman–Crippen LogP) is 1.21. The fourth-order valence-corrected chi connectivity index (χ4v) is 3.09. The molecule has 0 saturated carbocycles. The molecule has 0 radical (unpaired) electrons. The normalized spacial score (nSPS) is 15.6. The van der Waals surface area contributed by atoms with Gasteiger partial charge in [-0.2, -0.15) is 0 Å². The van der Waals surface area contributed by atoms with Crippen molar-refractivity contribution >= 4 is 27.4 Å². The van der Waals surface area contributed by atoms with Gasteiger partial charge in [-0.3, -0.25) is 9.62 Å². The Bertz CT molecular complexity index is 687. The van der Waals surface area contributed by atoms with E-state index in [2.05, 4.69) is 20.3 Å². The van der Waals surface area contributed by atoms with Gasteiger partial charge in [-0.15, -0.1) is 0 Å². The number of urea groups is 1. The van der Waals surface area contributed by atoms with Crippen LogP contribution in [0.5, 0.6) is 0 Å². The van der Waals surface area contributed by atoms with Crippen molar-refractivity contribution in [1.82, 2.24) is 10.2 Å². The minimum Gasteiger partial charge on any atom is -0.379 e. The number of aryl methyl sites for hydroxylation is 1. The highest BCUT2D eigenvalue weighted by atomic mass is 32.2. The number of nitrogens with one attached hydrogen (secondary N) is 3. The fraction of sp³-hybridized carbons (Fsp3) is 0.562. The van der Waals surface area contributed by atoms with Gasteiger partial charge in [0, 0.05) is 25.3 Å². The molecule has 1 saturated heterocycles. The molecule has 0 bridgehead atoms. The van der Waals surface area contributed by atoms with Crippen LogP contribution in [-0.4, -0.2) is 65.0 Å². The standard InChI is InChI=1S/C16H26N4O4S/c1-13-4-5-14(19-25(2,22)23)12-15(13)18-16(21)17-6-3-7-20-8-10-24-11-9-20/h4-5,12,19H,3,6-11H2,1-2H3,(H2,17,18,21). The third-order valence-electron chi connectivity index (χ3n) is 3.83. The number of sulfonamides is 1. The third-order valence-corrected chi connectivity index (χ3v) is 4.44. The lowest BCUT2D eigenvalue weighted by molar-refractivity contribution is 0.0375. The monoisotopic (exact) mass is 370 g/mol. The van der Waals surface area contributed by atoms with Crippen LogP contribution >= 0.6 is 0 Å². The van der Waals surface area contributed by atoms with Gasteiger partial charge in [0.1, 0.15) is 0 Å². The number of carbonyl (C=O) groups excluding carboxylic acids is 1. The average molecular weight is 370 g/mol. The molecule has 3 N–H and O–H groups in total. The van der Waals surface area contributed by atoms with Crippen LogP contribution in [-0.2, 0) is 14.8 Å². The Morgan fingerprint density at radius 2 is 2.00 bits per heavy atom. The van der Waals surface area contributed by atoms with Crippen molar-refractivity contribution in [3.8, 4) is 0 Å². The summed E-state index contributed by atoms with van der Waals surface area (Å²) in [6.07, 6.45) is 1.95. The number of anilines is 2. The van der Waals surface area contributed by atoms with Crippen molar-refractivity contribution in [2.24, 2.45) is 0 Å². The summed E-state index contributed by atoms with van der Waals surface area (Å²) in [6.45, 7) is 6.76. The van der Waals surface area contributed by atoms with Crippen LogP contribution in [0.1, 0.15) is 12.0 Å². The van der Waals surface area contributed by atoms with E-state index in [1.807, 2.05) is 6.92 Å². The Kier molecular flexibility index (Phi) is 7.03. The molecule has 8 nitrogen and oxygen atoms in total. The summed E-state index contributed by atoms with van der Waals surface area (Å²) in [5.74, 6) is 0. The van der Waals surface area contributed by atoms with Crippen LogP contribution in [0.25, 0.3) is 0 Å². The van der Waals surface area contributed by atoms with Crippen molar-refractivity contribution in [3.63, 3.8) is 0 Å². The topological polar surface area (TPSA) is 99.8 Å². The SMILES string of the molecule is Cc1ccc(NS(C)(=O)=O)cc1NC(=O)NCCCN1CCOCC1. The van der Waals surface area contributed by atoms with E-state index in [0.717, 1.165) is 51.1 Å². The predicted molar refractivity (Wildman–Crippen MR) is 98.5 cm³/mol. The molecule has 1 heterocycles. The number of benzene rings is 1. The molecule has 0 spiro atoms. The van der Waals surface area contributed by atoms with E-state index >= 15 is 0 Å². The van der Waals surface area contributed by atoms with Gasteiger partial charge in [0.25, 0.3) is 0 Å². The lowest BCUT2D eigenvalue weighted by Crippen LogP contribution is -2.38. The van der Waals surface area contributed by atoms with Crippen LogP contribution < -0.4 is 15.4 Å². The van der Waals surface area contributed by atoms with Crippen LogP contribution in [0.15, 0.2) is 18.2 Å². The molecule has 0 aliphatic carbocycles. The van der Waals surface area contributed by atoms with Crippen molar-refractivity contribution in [3.05, 3.63) is 23.8 Å². The van der Waals surface area contributed by atoms with Crippen molar-refractivity contribution in [2.45, 2.75) is 13.3 Å². The lowest BCUT2D eigenvalue weighted by atomic mass is 10.2. The molecular formula is C16H26N4O4S. The first-order valence-electron chi connectivity index (χ1n) is 8.27. The van der Waals surface area contributed by atoms with E-state index in [4.69, 9.17) is 4.74 Å². The molecule has 1 aromatic rings. The van der Waals surface area contributed by atoms with Gasteiger partial charge in [0.05, 0.1) is 25.2 Å². The first kappa shape index (κ1) is 19.5. The summed E-state index contributed by atoms with van der Waals surface area (Å²) in [7, 11) is -3.36. The average Bonchev–Trinajstić information content (AvgIpc) is 2.54. The fourth-order valence-electron chi connectivity index (χ4n) is 2.53. The van der Waals surface area contributed by atoms with Gasteiger partial charge < -0.3 is 15.4 Å². The van der Waals surface area contributed by atoms with Gasteiger partial charge in [-0.1, -0.05) is 6.07 Å².